The van der Waals surface area contributed by atoms with E-state index >= 15 is 0 Å². The Morgan fingerprint density at radius 2 is 1.86 bits per heavy atom. The lowest BCUT2D eigenvalue weighted by Crippen LogP contribution is -2.35. The number of pyridine rings is 1. The van der Waals surface area contributed by atoms with Gasteiger partial charge in [0.25, 0.3) is 0 Å². The molecule has 2 heterocycles. The molecule has 0 atom stereocenters. The van der Waals surface area contributed by atoms with Gasteiger partial charge in [-0.2, -0.15) is 0 Å². The van der Waals surface area contributed by atoms with Crippen molar-refractivity contribution in [2.75, 3.05) is 25.9 Å². The van der Waals surface area contributed by atoms with Crippen molar-refractivity contribution in [2.24, 2.45) is 0 Å². The van der Waals surface area contributed by atoms with E-state index in [1.54, 1.807) is 0 Å². The summed E-state index contributed by atoms with van der Waals surface area (Å²) < 4.78 is 6.18. The molecule has 116 valence electrons. The van der Waals surface area contributed by atoms with E-state index in [1.807, 2.05) is 30.6 Å². The van der Waals surface area contributed by atoms with Gasteiger partial charge in [-0.05, 0) is 67.8 Å². The average molecular weight is 297 g/mol. The van der Waals surface area contributed by atoms with Crippen LogP contribution in [-0.4, -0.2) is 36.1 Å². The Labute approximate surface area is 131 Å². The minimum Gasteiger partial charge on any atom is -0.488 e. The highest BCUT2D eigenvalue weighted by Gasteiger charge is 2.19. The van der Waals surface area contributed by atoms with Crippen molar-refractivity contribution in [3.63, 3.8) is 0 Å². The van der Waals surface area contributed by atoms with Gasteiger partial charge >= 0.3 is 0 Å². The summed E-state index contributed by atoms with van der Waals surface area (Å²) in [6, 6.07) is 8.09. The number of hydrogen-bond donors (Lipinski definition) is 1. The van der Waals surface area contributed by atoms with Crippen molar-refractivity contribution in [3.8, 4) is 16.9 Å². The molecule has 2 aromatic rings. The third-order valence-corrected chi connectivity index (χ3v) is 4.31. The second-order valence-electron chi connectivity index (χ2n) is 6.06. The molecule has 1 aromatic carbocycles. The standard InChI is InChI=1S/C18H23N3O/c1-13-11-17(19)18(22-15-5-9-21(2)10-6-15)12-16(13)14-3-7-20-8-4-14/h3-4,7-8,11-12,15H,5-6,9-10,19H2,1-2H3. The van der Waals surface area contributed by atoms with E-state index in [4.69, 9.17) is 10.5 Å². The monoisotopic (exact) mass is 297 g/mol. The highest BCUT2D eigenvalue weighted by Crippen LogP contribution is 2.33. The average Bonchev–Trinajstić information content (AvgIpc) is 2.53. The molecule has 1 aliphatic rings. The van der Waals surface area contributed by atoms with Crippen molar-refractivity contribution in [1.82, 2.24) is 9.88 Å². The van der Waals surface area contributed by atoms with Gasteiger partial charge in [0.1, 0.15) is 11.9 Å². The normalized spacial score (nSPS) is 16.6. The van der Waals surface area contributed by atoms with Crippen LogP contribution < -0.4 is 10.5 Å². The summed E-state index contributed by atoms with van der Waals surface area (Å²) in [5, 5.41) is 0. The minimum absolute atomic E-state index is 0.256. The highest BCUT2D eigenvalue weighted by molar-refractivity contribution is 5.73. The van der Waals surface area contributed by atoms with E-state index in [2.05, 4.69) is 29.9 Å². The molecule has 1 fully saturated rings. The van der Waals surface area contributed by atoms with Crippen LogP contribution >= 0.6 is 0 Å². The summed E-state index contributed by atoms with van der Waals surface area (Å²) in [4.78, 5) is 6.41. The molecule has 4 nitrogen and oxygen atoms in total. The van der Waals surface area contributed by atoms with Gasteiger partial charge in [-0.3, -0.25) is 4.98 Å². The molecule has 3 rings (SSSR count). The van der Waals surface area contributed by atoms with E-state index in [0.717, 1.165) is 48.4 Å². The molecule has 1 aliphatic heterocycles. The number of aryl methyl sites for hydroxylation is 1. The maximum Gasteiger partial charge on any atom is 0.143 e. The number of piperidine rings is 1. The smallest absolute Gasteiger partial charge is 0.143 e. The van der Waals surface area contributed by atoms with Crippen LogP contribution in [0.3, 0.4) is 0 Å². The van der Waals surface area contributed by atoms with Crippen LogP contribution in [0.5, 0.6) is 5.75 Å². The van der Waals surface area contributed by atoms with Crippen molar-refractivity contribution >= 4 is 5.69 Å². The van der Waals surface area contributed by atoms with Crippen LogP contribution in [0.1, 0.15) is 18.4 Å². The Morgan fingerprint density at radius 1 is 1.18 bits per heavy atom. The van der Waals surface area contributed by atoms with Crippen LogP contribution in [-0.2, 0) is 0 Å². The number of ether oxygens (including phenoxy) is 1. The zero-order valence-electron chi connectivity index (χ0n) is 13.2. The molecule has 0 aliphatic carbocycles. The van der Waals surface area contributed by atoms with E-state index in [0.29, 0.717) is 5.69 Å². The summed E-state index contributed by atoms with van der Waals surface area (Å²) in [6.07, 6.45) is 5.97. The highest BCUT2D eigenvalue weighted by atomic mass is 16.5. The molecule has 0 bridgehead atoms. The molecule has 4 heteroatoms. The number of likely N-dealkylation sites (tertiary alicyclic amines) is 1. The number of rotatable bonds is 3. The molecule has 0 saturated carbocycles. The zero-order valence-corrected chi connectivity index (χ0v) is 13.2. The third kappa shape index (κ3) is 3.22. The maximum absolute atomic E-state index is 6.18. The minimum atomic E-state index is 0.256. The number of hydrogen-bond acceptors (Lipinski definition) is 4. The van der Waals surface area contributed by atoms with Gasteiger partial charge < -0.3 is 15.4 Å². The van der Waals surface area contributed by atoms with Gasteiger partial charge in [-0.15, -0.1) is 0 Å². The van der Waals surface area contributed by atoms with Crippen LogP contribution in [0.4, 0.5) is 5.69 Å². The summed E-state index contributed by atoms with van der Waals surface area (Å²) in [5.74, 6) is 0.798. The van der Waals surface area contributed by atoms with Crippen molar-refractivity contribution in [1.29, 1.82) is 0 Å². The first kappa shape index (κ1) is 14.9. The third-order valence-electron chi connectivity index (χ3n) is 4.31. The van der Waals surface area contributed by atoms with E-state index in [1.165, 1.54) is 0 Å². The molecule has 2 N–H and O–H groups in total. The Kier molecular flexibility index (Phi) is 4.29. The summed E-state index contributed by atoms with van der Waals surface area (Å²) in [5.41, 5.74) is 10.3. The Bertz CT molecular complexity index is 634. The first-order valence-electron chi connectivity index (χ1n) is 7.79. The molecule has 0 amide bonds. The zero-order chi connectivity index (χ0) is 15.5. The largest absolute Gasteiger partial charge is 0.488 e. The molecular weight excluding hydrogens is 274 g/mol. The fourth-order valence-electron chi connectivity index (χ4n) is 2.94. The first-order valence-corrected chi connectivity index (χ1v) is 7.79. The van der Waals surface area contributed by atoms with Crippen LogP contribution in [0.2, 0.25) is 0 Å². The lowest BCUT2D eigenvalue weighted by atomic mass is 10.00. The number of aromatic nitrogens is 1. The van der Waals surface area contributed by atoms with E-state index in [-0.39, 0.29) is 6.10 Å². The van der Waals surface area contributed by atoms with Crippen molar-refractivity contribution < 1.29 is 4.74 Å². The number of benzene rings is 1. The van der Waals surface area contributed by atoms with Gasteiger partial charge in [0.05, 0.1) is 5.69 Å². The van der Waals surface area contributed by atoms with Crippen LogP contribution in [0, 0.1) is 6.92 Å². The van der Waals surface area contributed by atoms with Crippen LogP contribution in [0.15, 0.2) is 36.7 Å². The summed E-state index contributed by atoms with van der Waals surface area (Å²) >= 11 is 0. The molecule has 0 spiro atoms. The Morgan fingerprint density at radius 3 is 2.55 bits per heavy atom. The second-order valence-corrected chi connectivity index (χ2v) is 6.06. The van der Waals surface area contributed by atoms with Gasteiger partial charge in [0.15, 0.2) is 0 Å². The van der Waals surface area contributed by atoms with E-state index < -0.39 is 0 Å². The molecule has 22 heavy (non-hydrogen) atoms. The van der Waals surface area contributed by atoms with Gasteiger partial charge in [0, 0.05) is 25.5 Å². The fourth-order valence-corrected chi connectivity index (χ4v) is 2.94. The maximum atomic E-state index is 6.18. The molecular formula is C18H23N3O. The molecule has 0 unspecified atom stereocenters. The summed E-state index contributed by atoms with van der Waals surface area (Å²) in [7, 11) is 2.15. The van der Waals surface area contributed by atoms with Gasteiger partial charge in [-0.1, -0.05) is 0 Å². The molecule has 1 saturated heterocycles. The predicted octanol–water partition coefficient (Wildman–Crippen LogP) is 3.11. The molecule has 0 radical (unpaired) electrons. The summed E-state index contributed by atoms with van der Waals surface area (Å²) in [6.45, 7) is 4.23. The van der Waals surface area contributed by atoms with Crippen molar-refractivity contribution in [3.05, 3.63) is 42.2 Å². The van der Waals surface area contributed by atoms with Crippen LogP contribution in [0.25, 0.3) is 11.1 Å². The second kappa shape index (κ2) is 6.36. The lowest BCUT2D eigenvalue weighted by molar-refractivity contribution is 0.115. The lowest BCUT2D eigenvalue weighted by Gasteiger charge is -2.30. The Balaban J connectivity index is 1.85. The van der Waals surface area contributed by atoms with Crippen molar-refractivity contribution in [2.45, 2.75) is 25.9 Å². The number of nitrogen functional groups attached to an aromatic ring is 1. The number of anilines is 1. The van der Waals surface area contributed by atoms with Gasteiger partial charge in [0.2, 0.25) is 0 Å². The predicted molar refractivity (Wildman–Crippen MR) is 90.0 cm³/mol. The Hall–Kier alpha value is -2.07. The van der Waals surface area contributed by atoms with Gasteiger partial charge in [-0.25, -0.2) is 0 Å². The fraction of sp³-hybridized carbons (Fsp3) is 0.389. The number of nitrogens with zero attached hydrogens (tertiary/aromatic N) is 2. The topological polar surface area (TPSA) is 51.4 Å². The SMILES string of the molecule is Cc1cc(N)c(OC2CCN(C)CC2)cc1-c1ccncc1. The molecule has 1 aromatic heterocycles. The van der Waals surface area contributed by atoms with E-state index in [9.17, 15) is 0 Å². The quantitative estimate of drug-likeness (QED) is 0.884. The number of nitrogens with two attached hydrogens (primary N) is 1. The first-order chi connectivity index (χ1) is 10.6.